The molecule has 1 heterocycles. The molecule has 0 aromatic carbocycles. The van der Waals surface area contributed by atoms with E-state index in [1.54, 1.807) is 0 Å². The molecule has 10 heavy (non-hydrogen) atoms. The Morgan fingerprint density at radius 2 is 2.40 bits per heavy atom. The van der Waals surface area contributed by atoms with Crippen molar-refractivity contribution in [3.63, 3.8) is 0 Å². The number of nitrogens with two attached hydrogens (primary N) is 1. The molecular weight excluding hydrogens is 170 g/mol. The van der Waals surface area contributed by atoms with Crippen LogP contribution in [-0.4, -0.2) is 16.2 Å². The average Bonchev–Trinajstić information content (AvgIpc) is 1.94. The number of rotatable bonds is 1. The van der Waals surface area contributed by atoms with E-state index >= 15 is 0 Å². The van der Waals surface area contributed by atoms with Crippen molar-refractivity contribution in [2.24, 2.45) is 0 Å². The Kier molecular flexibility index (Phi) is 2.34. The van der Waals surface area contributed by atoms with Crippen molar-refractivity contribution in [1.82, 2.24) is 9.97 Å². The zero-order chi connectivity index (χ0) is 7.56. The summed E-state index contributed by atoms with van der Waals surface area (Å²) in [4.78, 5) is 7.59. The monoisotopic (exact) mass is 175 g/mol. The molecule has 0 aliphatic heterocycles. The van der Waals surface area contributed by atoms with E-state index in [2.05, 4.69) is 9.97 Å². The van der Waals surface area contributed by atoms with Crippen LogP contribution in [0.3, 0.4) is 0 Å². The van der Waals surface area contributed by atoms with Crippen molar-refractivity contribution in [3.05, 3.63) is 11.5 Å². The van der Waals surface area contributed by atoms with Gasteiger partial charge in [0.1, 0.15) is 5.03 Å². The minimum atomic E-state index is 0.235. The van der Waals surface area contributed by atoms with E-state index < -0.39 is 0 Å². The minimum absolute atomic E-state index is 0.235. The van der Waals surface area contributed by atoms with Gasteiger partial charge in [0.05, 0.1) is 11.9 Å². The number of anilines is 1. The molecule has 0 bridgehead atoms. The van der Waals surface area contributed by atoms with Gasteiger partial charge in [-0.1, -0.05) is 0 Å². The Labute approximate surface area is 68.0 Å². The van der Waals surface area contributed by atoms with Gasteiger partial charge in [-0.2, -0.15) is 0 Å². The lowest BCUT2D eigenvalue weighted by atomic mass is 10.6. The van der Waals surface area contributed by atoms with Crippen molar-refractivity contribution in [2.45, 2.75) is 5.03 Å². The summed E-state index contributed by atoms with van der Waals surface area (Å²) in [5.74, 6) is 0. The number of nitrogen functional groups attached to an aromatic ring is 1. The second-order valence-corrected chi connectivity index (χ2v) is 2.74. The maximum Gasteiger partial charge on any atom is 0.223 e. The third-order valence-corrected chi connectivity index (χ3v) is 1.84. The molecule has 1 aromatic heterocycles. The van der Waals surface area contributed by atoms with Gasteiger partial charge in [0.15, 0.2) is 0 Å². The van der Waals surface area contributed by atoms with Gasteiger partial charge in [0, 0.05) is 0 Å². The van der Waals surface area contributed by atoms with Crippen LogP contribution in [0.4, 0.5) is 5.69 Å². The average molecular weight is 176 g/mol. The Balaban J connectivity index is 3.09. The molecule has 0 aliphatic rings. The molecule has 0 aliphatic carbocycles. The number of thioether (sulfide) groups is 1. The summed E-state index contributed by atoms with van der Waals surface area (Å²) in [6.45, 7) is 0. The fourth-order valence-electron chi connectivity index (χ4n) is 0.519. The van der Waals surface area contributed by atoms with Crippen LogP contribution >= 0.6 is 23.4 Å². The van der Waals surface area contributed by atoms with Crippen LogP contribution in [0.25, 0.3) is 0 Å². The van der Waals surface area contributed by atoms with Gasteiger partial charge in [-0.15, -0.1) is 11.8 Å². The van der Waals surface area contributed by atoms with Crippen molar-refractivity contribution in [1.29, 1.82) is 0 Å². The van der Waals surface area contributed by atoms with Crippen molar-refractivity contribution >= 4 is 29.1 Å². The fourth-order valence-corrected chi connectivity index (χ4v) is 1.17. The maximum absolute atomic E-state index is 5.50. The van der Waals surface area contributed by atoms with Gasteiger partial charge < -0.3 is 5.73 Å². The lowest BCUT2D eigenvalue weighted by molar-refractivity contribution is 1.06. The van der Waals surface area contributed by atoms with Crippen LogP contribution in [0.2, 0.25) is 5.28 Å². The van der Waals surface area contributed by atoms with Gasteiger partial charge >= 0.3 is 0 Å². The standard InChI is InChI=1S/C5H6ClN3S/c1-10-4-3(7)2-8-5(6)9-4/h2H,7H2,1H3. The van der Waals surface area contributed by atoms with E-state index in [0.29, 0.717) is 5.69 Å². The Bertz CT molecular complexity index is 240. The second kappa shape index (κ2) is 3.07. The summed E-state index contributed by atoms with van der Waals surface area (Å²) in [5, 5.41) is 0.957. The first-order chi connectivity index (χ1) is 4.74. The second-order valence-electron chi connectivity index (χ2n) is 1.60. The predicted octanol–water partition coefficient (Wildman–Crippen LogP) is 1.43. The van der Waals surface area contributed by atoms with Gasteiger partial charge in [-0.25, -0.2) is 9.97 Å². The van der Waals surface area contributed by atoms with Crippen molar-refractivity contribution in [2.75, 3.05) is 12.0 Å². The predicted molar refractivity (Wildman–Crippen MR) is 43.2 cm³/mol. The van der Waals surface area contributed by atoms with Gasteiger partial charge in [0.2, 0.25) is 5.28 Å². The molecule has 1 aromatic rings. The molecule has 0 saturated heterocycles. The topological polar surface area (TPSA) is 51.8 Å². The van der Waals surface area contributed by atoms with Crippen LogP contribution in [0.15, 0.2) is 11.2 Å². The van der Waals surface area contributed by atoms with Crippen LogP contribution in [0, 0.1) is 0 Å². The molecule has 0 atom stereocenters. The van der Waals surface area contributed by atoms with E-state index in [0.717, 1.165) is 5.03 Å². The normalized spacial score (nSPS) is 9.80. The molecule has 54 valence electrons. The Hall–Kier alpha value is -0.480. The van der Waals surface area contributed by atoms with Crippen LogP contribution in [0.1, 0.15) is 0 Å². The van der Waals surface area contributed by atoms with E-state index in [1.165, 1.54) is 18.0 Å². The summed E-state index contributed by atoms with van der Waals surface area (Å²) < 4.78 is 0. The molecular formula is C5H6ClN3S. The quantitative estimate of drug-likeness (QED) is 0.399. The van der Waals surface area contributed by atoms with Crippen molar-refractivity contribution < 1.29 is 0 Å². The van der Waals surface area contributed by atoms with Gasteiger partial charge in [-0.05, 0) is 17.9 Å². The SMILES string of the molecule is CSc1nc(Cl)ncc1N. The first-order valence-corrected chi connectivity index (χ1v) is 4.16. The number of hydrogen-bond acceptors (Lipinski definition) is 4. The molecule has 5 heteroatoms. The molecule has 0 spiro atoms. The van der Waals surface area contributed by atoms with Gasteiger partial charge in [0.25, 0.3) is 0 Å². The molecule has 2 N–H and O–H groups in total. The summed E-state index contributed by atoms with van der Waals surface area (Å²) in [5.41, 5.74) is 6.06. The van der Waals surface area contributed by atoms with Gasteiger partial charge in [-0.3, -0.25) is 0 Å². The lowest BCUT2D eigenvalue weighted by Crippen LogP contribution is -1.93. The van der Waals surface area contributed by atoms with E-state index in [1.807, 2.05) is 6.26 Å². The fraction of sp³-hybridized carbons (Fsp3) is 0.200. The van der Waals surface area contributed by atoms with E-state index in [4.69, 9.17) is 17.3 Å². The Morgan fingerprint density at radius 1 is 1.70 bits per heavy atom. The summed E-state index contributed by atoms with van der Waals surface area (Å²) in [6, 6.07) is 0. The van der Waals surface area contributed by atoms with Crippen molar-refractivity contribution in [3.8, 4) is 0 Å². The summed E-state index contributed by atoms with van der Waals surface area (Å²) in [6.07, 6.45) is 3.39. The first kappa shape index (κ1) is 7.63. The third-order valence-electron chi connectivity index (χ3n) is 0.944. The lowest BCUT2D eigenvalue weighted by Gasteiger charge is -1.98. The summed E-state index contributed by atoms with van der Waals surface area (Å²) >= 11 is 6.95. The molecule has 0 fully saturated rings. The van der Waals surface area contributed by atoms with Crippen LogP contribution in [0.5, 0.6) is 0 Å². The molecule has 0 amide bonds. The molecule has 1 rings (SSSR count). The zero-order valence-electron chi connectivity index (χ0n) is 5.34. The minimum Gasteiger partial charge on any atom is -0.395 e. The van der Waals surface area contributed by atoms with Crippen LogP contribution < -0.4 is 5.73 Å². The highest BCUT2D eigenvalue weighted by Crippen LogP contribution is 2.19. The smallest absolute Gasteiger partial charge is 0.223 e. The largest absolute Gasteiger partial charge is 0.395 e. The highest BCUT2D eigenvalue weighted by molar-refractivity contribution is 7.98. The number of aromatic nitrogens is 2. The summed E-state index contributed by atoms with van der Waals surface area (Å²) in [7, 11) is 0. The van der Waals surface area contributed by atoms with E-state index in [-0.39, 0.29) is 5.28 Å². The number of nitrogens with zero attached hydrogens (tertiary/aromatic N) is 2. The number of hydrogen-bond donors (Lipinski definition) is 1. The molecule has 0 saturated carbocycles. The first-order valence-electron chi connectivity index (χ1n) is 2.56. The molecule has 3 nitrogen and oxygen atoms in total. The van der Waals surface area contributed by atoms with Crippen LogP contribution in [-0.2, 0) is 0 Å². The highest BCUT2D eigenvalue weighted by Gasteiger charge is 1.99. The zero-order valence-corrected chi connectivity index (χ0v) is 6.91. The highest BCUT2D eigenvalue weighted by atomic mass is 35.5. The third kappa shape index (κ3) is 1.52. The Morgan fingerprint density at radius 3 is 2.90 bits per heavy atom. The molecule has 0 radical (unpaired) electrons. The molecule has 0 unspecified atom stereocenters. The maximum atomic E-state index is 5.50. The number of halogens is 1. The van der Waals surface area contributed by atoms with E-state index in [9.17, 15) is 0 Å².